The summed E-state index contributed by atoms with van der Waals surface area (Å²) in [5.74, 6) is 0.623. The quantitative estimate of drug-likeness (QED) is 0.881. The van der Waals surface area contributed by atoms with E-state index >= 15 is 0 Å². The van der Waals surface area contributed by atoms with Crippen molar-refractivity contribution in [2.45, 2.75) is 39.0 Å². The van der Waals surface area contributed by atoms with Crippen molar-refractivity contribution in [2.24, 2.45) is 17.1 Å². The lowest BCUT2D eigenvalue weighted by Gasteiger charge is -2.28. The molecule has 0 saturated heterocycles. The normalized spacial score (nSPS) is 27.7. The number of rotatable bonds is 4. The highest BCUT2D eigenvalue weighted by Gasteiger charge is 2.37. The van der Waals surface area contributed by atoms with Crippen molar-refractivity contribution in [1.82, 2.24) is 0 Å². The van der Waals surface area contributed by atoms with Crippen LogP contribution in [0.15, 0.2) is 22.7 Å². The Morgan fingerprint density at radius 2 is 2.28 bits per heavy atom. The summed E-state index contributed by atoms with van der Waals surface area (Å²) in [6.07, 6.45) is 5.90. The SMILES string of the molecule is CCC1CCC(CN)(Cc2ccc(F)cc2Br)C1. The molecule has 2 rings (SSSR count). The van der Waals surface area contributed by atoms with Gasteiger partial charge >= 0.3 is 0 Å². The van der Waals surface area contributed by atoms with Crippen LogP contribution in [0.1, 0.15) is 38.2 Å². The Morgan fingerprint density at radius 1 is 1.50 bits per heavy atom. The van der Waals surface area contributed by atoms with E-state index in [2.05, 4.69) is 22.9 Å². The van der Waals surface area contributed by atoms with Gasteiger partial charge in [0.25, 0.3) is 0 Å². The van der Waals surface area contributed by atoms with E-state index in [0.29, 0.717) is 0 Å². The van der Waals surface area contributed by atoms with Crippen molar-refractivity contribution in [3.8, 4) is 0 Å². The van der Waals surface area contributed by atoms with Crippen LogP contribution in [0.3, 0.4) is 0 Å². The molecular weight excluding hydrogens is 293 g/mol. The molecule has 1 nitrogen and oxygen atoms in total. The summed E-state index contributed by atoms with van der Waals surface area (Å²) in [4.78, 5) is 0. The standard InChI is InChI=1S/C15H21BrFN/c1-2-11-5-6-15(8-11,10-18)9-12-3-4-13(17)7-14(12)16/h3-4,7,11H,2,5-6,8-10,18H2,1H3. The minimum Gasteiger partial charge on any atom is -0.330 e. The van der Waals surface area contributed by atoms with Gasteiger partial charge in [0, 0.05) is 4.47 Å². The van der Waals surface area contributed by atoms with Gasteiger partial charge in [0.2, 0.25) is 0 Å². The fourth-order valence-electron chi connectivity index (χ4n) is 3.16. The van der Waals surface area contributed by atoms with Crippen molar-refractivity contribution >= 4 is 15.9 Å². The molecule has 2 unspecified atom stereocenters. The van der Waals surface area contributed by atoms with Crippen molar-refractivity contribution in [1.29, 1.82) is 0 Å². The van der Waals surface area contributed by atoms with Gasteiger partial charge in [-0.25, -0.2) is 4.39 Å². The maximum atomic E-state index is 13.1. The van der Waals surface area contributed by atoms with E-state index in [1.54, 1.807) is 6.07 Å². The average molecular weight is 314 g/mol. The zero-order valence-corrected chi connectivity index (χ0v) is 12.5. The molecule has 0 amide bonds. The van der Waals surface area contributed by atoms with Crippen LogP contribution in [-0.2, 0) is 6.42 Å². The third-order valence-corrected chi connectivity index (χ3v) is 5.13. The minimum absolute atomic E-state index is 0.190. The smallest absolute Gasteiger partial charge is 0.124 e. The number of hydrogen-bond donors (Lipinski definition) is 1. The lowest BCUT2D eigenvalue weighted by Crippen LogP contribution is -2.30. The molecule has 1 aromatic rings. The van der Waals surface area contributed by atoms with Gasteiger partial charge in [0.15, 0.2) is 0 Å². The zero-order chi connectivity index (χ0) is 13.2. The monoisotopic (exact) mass is 313 g/mol. The second-order valence-corrected chi connectivity index (χ2v) is 6.49. The lowest BCUT2D eigenvalue weighted by molar-refractivity contribution is 0.290. The van der Waals surface area contributed by atoms with Gasteiger partial charge in [-0.2, -0.15) is 0 Å². The van der Waals surface area contributed by atoms with Crippen LogP contribution in [0.4, 0.5) is 4.39 Å². The van der Waals surface area contributed by atoms with Crippen molar-refractivity contribution in [3.05, 3.63) is 34.1 Å². The molecule has 1 aliphatic carbocycles. The molecule has 0 spiro atoms. The average Bonchev–Trinajstić information content (AvgIpc) is 2.77. The van der Waals surface area contributed by atoms with E-state index < -0.39 is 0 Å². The maximum absolute atomic E-state index is 13.1. The Bertz CT molecular complexity index is 421. The highest BCUT2D eigenvalue weighted by Crippen LogP contribution is 2.45. The number of halogens is 2. The van der Waals surface area contributed by atoms with Gasteiger partial charge in [-0.1, -0.05) is 35.3 Å². The summed E-state index contributed by atoms with van der Waals surface area (Å²) in [7, 11) is 0. The van der Waals surface area contributed by atoms with Crippen LogP contribution in [-0.4, -0.2) is 6.54 Å². The Morgan fingerprint density at radius 3 is 2.83 bits per heavy atom. The number of benzene rings is 1. The third-order valence-electron chi connectivity index (χ3n) is 4.40. The molecule has 0 radical (unpaired) electrons. The zero-order valence-electron chi connectivity index (χ0n) is 10.9. The Labute approximate surface area is 117 Å². The van der Waals surface area contributed by atoms with Crippen LogP contribution in [0.25, 0.3) is 0 Å². The Kier molecular flexibility index (Phi) is 4.44. The summed E-state index contributed by atoms with van der Waals surface area (Å²) in [6, 6.07) is 4.97. The van der Waals surface area contributed by atoms with Crippen LogP contribution in [0.2, 0.25) is 0 Å². The number of nitrogens with two attached hydrogens (primary N) is 1. The second-order valence-electron chi connectivity index (χ2n) is 5.63. The van der Waals surface area contributed by atoms with Crippen molar-refractivity contribution < 1.29 is 4.39 Å². The molecule has 2 N–H and O–H groups in total. The summed E-state index contributed by atoms with van der Waals surface area (Å²) in [5, 5.41) is 0. The Balaban J connectivity index is 2.16. The van der Waals surface area contributed by atoms with E-state index in [1.807, 2.05) is 6.07 Å². The number of hydrogen-bond acceptors (Lipinski definition) is 1. The summed E-state index contributed by atoms with van der Waals surface area (Å²) in [5.41, 5.74) is 7.43. The first-order valence-corrected chi connectivity index (χ1v) is 7.52. The van der Waals surface area contributed by atoms with Gasteiger partial charge in [0.1, 0.15) is 5.82 Å². The predicted molar refractivity (Wildman–Crippen MR) is 76.9 cm³/mol. The minimum atomic E-state index is -0.190. The van der Waals surface area contributed by atoms with Crippen LogP contribution in [0.5, 0.6) is 0 Å². The van der Waals surface area contributed by atoms with E-state index in [-0.39, 0.29) is 11.2 Å². The fraction of sp³-hybridized carbons (Fsp3) is 0.600. The molecule has 1 aromatic carbocycles. The fourth-order valence-corrected chi connectivity index (χ4v) is 3.65. The molecule has 1 saturated carbocycles. The van der Waals surface area contributed by atoms with Gasteiger partial charge in [-0.05, 0) is 61.3 Å². The van der Waals surface area contributed by atoms with Crippen LogP contribution >= 0.6 is 15.9 Å². The van der Waals surface area contributed by atoms with Crippen molar-refractivity contribution in [3.63, 3.8) is 0 Å². The predicted octanol–water partition coefficient (Wildman–Crippen LogP) is 4.29. The van der Waals surface area contributed by atoms with Gasteiger partial charge in [0.05, 0.1) is 0 Å². The molecule has 100 valence electrons. The highest BCUT2D eigenvalue weighted by atomic mass is 79.9. The topological polar surface area (TPSA) is 26.0 Å². The molecule has 0 bridgehead atoms. The summed E-state index contributed by atoms with van der Waals surface area (Å²) in [6.45, 7) is 2.98. The Hall–Kier alpha value is -0.410. The van der Waals surface area contributed by atoms with E-state index in [4.69, 9.17) is 5.73 Å². The molecular formula is C15H21BrFN. The molecule has 0 aromatic heterocycles. The molecule has 1 fully saturated rings. The molecule has 0 heterocycles. The largest absolute Gasteiger partial charge is 0.330 e. The first-order chi connectivity index (χ1) is 8.58. The molecule has 0 aliphatic heterocycles. The van der Waals surface area contributed by atoms with Crippen LogP contribution < -0.4 is 5.73 Å². The second kappa shape index (κ2) is 5.70. The van der Waals surface area contributed by atoms with E-state index in [0.717, 1.165) is 23.4 Å². The lowest BCUT2D eigenvalue weighted by atomic mass is 9.79. The van der Waals surface area contributed by atoms with Gasteiger partial charge in [-0.3, -0.25) is 0 Å². The van der Waals surface area contributed by atoms with E-state index in [1.165, 1.54) is 37.3 Å². The van der Waals surface area contributed by atoms with Crippen molar-refractivity contribution in [2.75, 3.05) is 6.54 Å². The van der Waals surface area contributed by atoms with Crippen LogP contribution in [0, 0.1) is 17.2 Å². The molecule has 3 heteroatoms. The third kappa shape index (κ3) is 2.94. The molecule has 1 aliphatic rings. The van der Waals surface area contributed by atoms with Gasteiger partial charge in [-0.15, -0.1) is 0 Å². The highest BCUT2D eigenvalue weighted by molar-refractivity contribution is 9.10. The summed E-state index contributed by atoms with van der Waals surface area (Å²) < 4.78 is 14.0. The summed E-state index contributed by atoms with van der Waals surface area (Å²) >= 11 is 3.46. The molecule has 18 heavy (non-hydrogen) atoms. The first kappa shape index (κ1) is 14.0. The van der Waals surface area contributed by atoms with E-state index in [9.17, 15) is 4.39 Å². The first-order valence-electron chi connectivity index (χ1n) is 6.72. The van der Waals surface area contributed by atoms with Gasteiger partial charge < -0.3 is 5.73 Å². The maximum Gasteiger partial charge on any atom is 0.124 e. The molecule has 2 atom stereocenters.